The van der Waals surface area contributed by atoms with Crippen molar-refractivity contribution in [2.24, 2.45) is 5.73 Å². The molecule has 0 saturated heterocycles. The third-order valence-corrected chi connectivity index (χ3v) is 1.10. The van der Waals surface area contributed by atoms with Crippen LogP contribution in [-0.2, 0) is 0 Å². The van der Waals surface area contributed by atoms with Gasteiger partial charge >= 0.3 is 0 Å². The maximum atomic E-state index is 5.48. The minimum atomic E-state index is -0.0673. The second kappa shape index (κ2) is 2.11. The van der Waals surface area contributed by atoms with Gasteiger partial charge in [-0.1, -0.05) is 0 Å². The summed E-state index contributed by atoms with van der Waals surface area (Å²) in [7, 11) is 0. The van der Waals surface area contributed by atoms with Crippen LogP contribution in [0.1, 0.15) is 18.7 Å². The van der Waals surface area contributed by atoms with Crippen molar-refractivity contribution in [2.75, 3.05) is 5.73 Å². The van der Waals surface area contributed by atoms with E-state index in [1.54, 1.807) is 12.1 Å². The molecule has 9 heavy (non-hydrogen) atoms. The molecule has 3 heteroatoms. The van der Waals surface area contributed by atoms with E-state index in [1.807, 2.05) is 6.92 Å². The largest absolute Gasteiger partial charge is 0.444 e. The summed E-state index contributed by atoms with van der Waals surface area (Å²) in [6, 6.07) is 3.40. The van der Waals surface area contributed by atoms with Gasteiger partial charge in [0.25, 0.3) is 0 Å². The lowest BCUT2D eigenvalue weighted by Crippen LogP contribution is -2.02. The molecule has 0 aliphatic rings. The fourth-order valence-electron chi connectivity index (χ4n) is 0.613. The zero-order chi connectivity index (χ0) is 6.85. The molecule has 0 aliphatic heterocycles. The van der Waals surface area contributed by atoms with Crippen LogP contribution in [0.25, 0.3) is 0 Å². The van der Waals surface area contributed by atoms with Crippen LogP contribution in [-0.4, -0.2) is 0 Å². The summed E-state index contributed by atoms with van der Waals surface area (Å²) in [5.74, 6) is 1.15. The molecular formula is C6H10N2O. The van der Waals surface area contributed by atoms with Crippen molar-refractivity contribution in [1.82, 2.24) is 0 Å². The maximum absolute atomic E-state index is 5.48. The highest BCUT2D eigenvalue weighted by Gasteiger charge is 2.01. The van der Waals surface area contributed by atoms with Gasteiger partial charge in [0, 0.05) is 6.07 Å². The van der Waals surface area contributed by atoms with E-state index in [4.69, 9.17) is 15.9 Å². The van der Waals surface area contributed by atoms with Crippen LogP contribution < -0.4 is 11.5 Å². The first-order valence-corrected chi connectivity index (χ1v) is 2.81. The van der Waals surface area contributed by atoms with Crippen molar-refractivity contribution in [1.29, 1.82) is 0 Å². The van der Waals surface area contributed by atoms with Gasteiger partial charge in [-0.2, -0.15) is 0 Å². The summed E-state index contributed by atoms with van der Waals surface area (Å²) in [5.41, 5.74) is 10.8. The third kappa shape index (κ3) is 1.23. The summed E-state index contributed by atoms with van der Waals surface area (Å²) < 4.78 is 5.00. The Hall–Kier alpha value is -0.960. The Labute approximate surface area is 53.6 Å². The lowest BCUT2D eigenvalue weighted by atomic mass is 10.3. The first-order valence-electron chi connectivity index (χ1n) is 2.81. The number of hydrogen-bond donors (Lipinski definition) is 2. The van der Waals surface area contributed by atoms with E-state index in [9.17, 15) is 0 Å². The smallest absolute Gasteiger partial charge is 0.190 e. The van der Waals surface area contributed by atoms with Gasteiger partial charge in [0.05, 0.1) is 6.04 Å². The second-order valence-electron chi connectivity index (χ2n) is 2.03. The van der Waals surface area contributed by atoms with E-state index in [0.29, 0.717) is 5.88 Å². The Bertz CT molecular complexity index is 193. The number of nitrogen functional groups attached to an aromatic ring is 1. The van der Waals surface area contributed by atoms with Crippen molar-refractivity contribution < 1.29 is 4.42 Å². The monoisotopic (exact) mass is 126 g/mol. The number of nitrogens with two attached hydrogens (primary N) is 2. The average Bonchev–Trinajstić information content (AvgIpc) is 2.14. The van der Waals surface area contributed by atoms with Crippen molar-refractivity contribution >= 4 is 5.88 Å². The predicted molar refractivity (Wildman–Crippen MR) is 35.7 cm³/mol. The Morgan fingerprint density at radius 3 is 2.44 bits per heavy atom. The van der Waals surface area contributed by atoms with Crippen LogP contribution >= 0.6 is 0 Å². The quantitative estimate of drug-likeness (QED) is 0.587. The molecule has 0 aliphatic carbocycles. The zero-order valence-electron chi connectivity index (χ0n) is 5.29. The first-order chi connectivity index (χ1) is 4.20. The second-order valence-corrected chi connectivity index (χ2v) is 2.03. The van der Waals surface area contributed by atoms with Crippen LogP contribution in [0.4, 0.5) is 5.88 Å². The highest BCUT2D eigenvalue weighted by molar-refractivity contribution is 5.26. The van der Waals surface area contributed by atoms with E-state index in [-0.39, 0.29) is 6.04 Å². The van der Waals surface area contributed by atoms with E-state index in [2.05, 4.69) is 0 Å². The lowest BCUT2D eigenvalue weighted by Gasteiger charge is -1.96. The molecule has 1 aromatic rings. The SMILES string of the molecule is C[C@H](N)c1ccc(N)o1. The summed E-state index contributed by atoms with van der Waals surface area (Å²) >= 11 is 0. The molecule has 0 aromatic carbocycles. The highest BCUT2D eigenvalue weighted by atomic mass is 16.4. The van der Waals surface area contributed by atoms with Crippen LogP contribution in [0.3, 0.4) is 0 Å². The van der Waals surface area contributed by atoms with Gasteiger partial charge in [-0.3, -0.25) is 0 Å². The molecule has 0 radical (unpaired) electrons. The third-order valence-electron chi connectivity index (χ3n) is 1.10. The molecule has 0 amide bonds. The van der Waals surface area contributed by atoms with E-state index < -0.39 is 0 Å². The standard InChI is InChI=1S/C6H10N2O/c1-4(7)5-2-3-6(8)9-5/h2-4H,7-8H2,1H3/t4-/m0/s1. The molecule has 0 bridgehead atoms. The van der Waals surface area contributed by atoms with Gasteiger partial charge in [0.2, 0.25) is 0 Å². The number of rotatable bonds is 1. The van der Waals surface area contributed by atoms with Crippen LogP contribution in [0.2, 0.25) is 0 Å². The van der Waals surface area contributed by atoms with Crippen LogP contribution in [0, 0.1) is 0 Å². The topological polar surface area (TPSA) is 65.2 Å². The molecule has 0 fully saturated rings. The Morgan fingerprint density at radius 2 is 2.22 bits per heavy atom. The van der Waals surface area contributed by atoms with Gasteiger partial charge < -0.3 is 15.9 Å². The minimum absolute atomic E-state index is 0.0673. The average molecular weight is 126 g/mol. The van der Waals surface area contributed by atoms with Crippen molar-refractivity contribution in [3.05, 3.63) is 17.9 Å². The summed E-state index contributed by atoms with van der Waals surface area (Å²) in [6.45, 7) is 1.85. The predicted octanol–water partition coefficient (Wildman–Crippen LogP) is 0.882. The Balaban J connectivity index is 2.85. The summed E-state index contributed by atoms with van der Waals surface area (Å²) in [6.07, 6.45) is 0. The minimum Gasteiger partial charge on any atom is -0.444 e. The Morgan fingerprint density at radius 1 is 1.56 bits per heavy atom. The van der Waals surface area contributed by atoms with Gasteiger partial charge in [-0.25, -0.2) is 0 Å². The van der Waals surface area contributed by atoms with Gasteiger partial charge in [-0.05, 0) is 13.0 Å². The molecule has 50 valence electrons. The first kappa shape index (κ1) is 6.16. The van der Waals surface area contributed by atoms with E-state index in [0.717, 1.165) is 5.76 Å². The Kier molecular flexibility index (Phi) is 1.44. The molecule has 0 saturated carbocycles. The van der Waals surface area contributed by atoms with Crippen LogP contribution in [0.15, 0.2) is 16.5 Å². The molecular weight excluding hydrogens is 116 g/mol. The summed E-state index contributed by atoms with van der Waals surface area (Å²) in [5, 5.41) is 0. The molecule has 0 spiro atoms. The van der Waals surface area contributed by atoms with Gasteiger partial charge in [0.15, 0.2) is 5.88 Å². The lowest BCUT2D eigenvalue weighted by molar-refractivity contribution is 0.495. The number of furan rings is 1. The van der Waals surface area contributed by atoms with E-state index in [1.165, 1.54) is 0 Å². The zero-order valence-corrected chi connectivity index (χ0v) is 5.29. The number of anilines is 1. The van der Waals surface area contributed by atoms with Gasteiger partial charge in [0.1, 0.15) is 5.76 Å². The van der Waals surface area contributed by atoms with Crippen molar-refractivity contribution in [3.8, 4) is 0 Å². The highest BCUT2D eigenvalue weighted by Crippen LogP contribution is 2.14. The summed E-state index contributed by atoms with van der Waals surface area (Å²) in [4.78, 5) is 0. The number of hydrogen-bond acceptors (Lipinski definition) is 3. The van der Waals surface area contributed by atoms with Gasteiger partial charge in [-0.15, -0.1) is 0 Å². The fraction of sp³-hybridized carbons (Fsp3) is 0.333. The normalized spacial score (nSPS) is 13.6. The van der Waals surface area contributed by atoms with Crippen molar-refractivity contribution in [3.63, 3.8) is 0 Å². The molecule has 3 nitrogen and oxygen atoms in total. The van der Waals surface area contributed by atoms with Crippen LogP contribution in [0.5, 0.6) is 0 Å². The fourth-order valence-corrected chi connectivity index (χ4v) is 0.613. The van der Waals surface area contributed by atoms with E-state index >= 15 is 0 Å². The molecule has 1 heterocycles. The molecule has 1 atom stereocenters. The maximum Gasteiger partial charge on any atom is 0.190 e. The molecule has 1 rings (SSSR count). The molecule has 1 aromatic heterocycles. The van der Waals surface area contributed by atoms with Crippen molar-refractivity contribution in [2.45, 2.75) is 13.0 Å². The molecule has 4 N–H and O–H groups in total. The molecule has 0 unspecified atom stereocenters.